The summed E-state index contributed by atoms with van der Waals surface area (Å²) in [5, 5.41) is 0. The zero-order valence-corrected chi connectivity index (χ0v) is 8.90. The van der Waals surface area contributed by atoms with Gasteiger partial charge in [-0.25, -0.2) is 0 Å². The van der Waals surface area contributed by atoms with Gasteiger partial charge in [0, 0.05) is 6.42 Å². The van der Waals surface area contributed by atoms with Gasteiger partial charge in [0.1, 0.15) is 0 Å². The van der Waals surface area contributed by atoms with E-state index in [0.29, 0.717) is 6.42 Å². The molecule has 5 heteroatoms. The van der Waals surface area contributed by atoms with E-state index in [1.54, 1.807) is 0 Å². The van der Waals surface area contributed by atoms with Crippen LogP contribution in [0.3, 0.4) is 0 Å². The molecule has 0 aliphatic heterocycles. The number of ether oxygens (including phenoxy) is 1. The molecular weight excluding hydrogens is 209 g/mol. The first-order valence-corrected chi connectivity index (χ1v) is 5.24. The van der Waals surface area contributed by atoms with Crippen molar-refractivity contribution in [3.63, 3.8) is 0 Å². The minimum absolute atomic E-state index is 0.147. The van der Waals surface area contributed by atoms with Crippen LogP contribution in [-0.4, -0.2) is 12.3 Å². The van der Waals surface area contributed by atoms with Crippen molar-refractivity contribution in [3.8, 4) is 0 Å². The van der Waals surface area contributed by atoms with Gasteiger partial charge in [0.15, 0.2) is 0 Å². The van der Waals surface area contributed by atoms with Crippen LogP contribution in [0.15, 0.2) is 0 Å². The van der Waals surface area contributed by atoms with Gasteiger partial charge in [0.05, 0.1) is 0 Å². The molecule has 0 heterocycles. The Morgan fingerprint density at radius 2 is 1.60 bits per heavy atom. The molecular formula is C10H17F3O2. The van der Waals surface area contributed by atoms with E-state index < -0.39 is 12.3 Å². The molecule has 0 bridgehead atoms. The second kappa shape index (κ2) is 7.54. The molecule has 0 saturated heterocycles. The number of unbranched alkanes of at least 4 members (excludes halogenated alkanes) is 5. The van der Waals surface area contributed by atoms with Crippen molar-refractivity contribution in [2.75, 3.05) is 0 Å². The Morgan fingerprint density at radius 1 is 1.07 bits per heavy atom. The molecule has 0 unspecified atom stereocenters. The number of hydrogen-bond donors (Lipinski definition) is 0. The summed E-state index contributed by atoms with van der Waals surface area (Å²) < 4.78 is 37.8. The molecule has 0 rings (SSSR count). The molecule has 0 spiro atoms. The third kappa shape index (κ3) is 11.2. The Balaban J connectivity index is 3.32. The molecule has 15 heavy (non-hydrogen) atoms. The lowest BCUT2D eigenvalue weighted by Gasteiger charge is -2.06. The standard InChI is InChI=1S/C10H17F3O2/c1-2-3-4-5-6-7-8-9(14)15-10(11,12)13/h2-8H2,1H3. The normalized spacial score (nSPS) is 11.5. The van der Waals surface area contributed by atoms with Gasteiger partial charge < -0.3 is 4.74 Å². The van der Waals surface area contributed by atoms with Crippen molar-refractivity contribution in [1.29, 1.82) is 0 Å². The molecule has 0 saturated carbocycles. The Kier molecular flexibility index (Phi) is 7.17. The molecule has 0 radical (unpaired) electrons. The molecule has 0 amide bonds. The van der Waals surface area contributed by atoms with E-state index >= 15 is 0 Å². The highest BCUT2D eigenvalue weighted by Gasteiger charge is 2.33. The highest BCUT2D eigenvalue weighted by atomic mass is 19.4. The highest BCUT2D eigenvalue weighted by molar-refractivity contribution is 5.69. The average Bonchev–Trinajstić information content (AvgIpc) is 2.08. The Labute approximate surface area is 87.8 Å². The number of alkyl halides is 3. The molecule has 0 fully saturated rings. The summed E-state index contributed by atoms with van der Waals surface area (Å²) >= 11 is 0. The lowest BCUT2D eigenvalue weighted by Crippen LogP contribution is -2.18. The molecule has 0 N–H and O–H groups in total. The molecule has 2 nitrogen and oxygen atoms in total. The fraction of sp³-hybridized carbons (Fsp3) is 0.900. The second-order valence-corrected chi connectivity index (χ2v) is 3.44. The van der Waals surface area contributed by atoms with Crippen molar-refractivity contribution in [2.24, 2.45) is 0 Å². The van der Waals surface area contributed by atoms with Gasteiger partial charge >= 0.3 is 12.3 Å². The molecule has 0 aromatic rings. The van der Waals surface area contributed by atoms with Crippen molar-refractivity contribution in [2.45, 2.75) is 58.2 Å². The Hall–Kier alpha value is -0.740. The number of rotatable bonds is 7. The number of carbonyl (C=O) groups is 1. The second-order valence-electron chi connectivity index (χ2n) is 3.44. The first kappa shape index (κ1) is 14.3. The fourth-order valence-electron chi connectivity index (χ4n) is 1.23. The van der Waals surface area contributed by atoms with E-state index in [1.165, 1.54) is 0 Å². The maximum Gasteiger partial charge on any atom is 0.575 e. The summed E-state index contributed by atoms with van der Waals surface area (Å²) in [6.45, 7) is 2.08. The average molecular weight is 226 g/mol. The van der Waals surface area contributed by atoms with Crippen molar-refractivity contribution < 1.29 is 22.7 Å². The van der Waals surface area contributed by atoms with Gasteiger partial charge in [-0.3, -0.25) is 4.79 Å². The van der Waals surface area contributed by atoms with Crippen LogP contribution < -0.4 is 0 Å². The smallest absolute Gasteiger partial charge is 0.373 e. The largest absolute Gasteiger partial charge is 0.575 e. The minimum atomic E-state index is -4.83. The highest BCUT2D eigenvalue weighted by Crippen LogP contribution is 2.18. The van der Waals surface area contributed by atoms with Crippen LogP contribution in [0.5, 0.6) is 0 Å². The van der Waals surface area contributed by atoms with Crippen molar-refractivity contribution >= 4 is 5.97 Å². The SMILES string of the molecule is CCCCCCCCC(=O)OC(F)(F)F. The quantitative estimate of drug-likeness (QED) is 0.487. The predicted molar refractivity (Wildman–Crippen MR) is 50.1 cm³/mol. The number of hydrogen-bond acceptors (Lipinski definition) is 2. The van der Waals surface area contributed by atoms with Crippen LogP contribution in [0.25, 0.3) is 0 Å². The van der Waals surface area contributed by atoms with Crippen molar-refractivity contribution in [3.05, 3.63) is 0 Å². The third-order valence-corrected chi connectivity index (χ3v) is 1.96. The Morgan fingerprint density at radius 3 is 2.13 bits per heavy atom. The third-order valence-electron chi connectivity index (χ3n) is 1.96. The summed E-state index contributed by atoms with van der Waals surface area (Å²) in [6, 6.07) is 0. The van der Waals surface area contributed by atoms with Crippen LogP contribution in [0.2, 0.25) is 0 Å². The van der Waals surface area contributed by atoms with Gasteiger partial charge in [-0.2, -0.15) is 0 Å². The number of halogens is 3. The molecule has 0 aromatic heterocycles. The fourth-order valence-corrected chi connectivity index (χ4v) is 1.23. The lowest BCUT2D eigenvalue weighted by atomic mass is 10.1. The maximum atomic E-state index is 11.5. The zero-order valence-electron chi connectivity index (χ0n) is 8.90. The summed E-state index contributed by atoms with van der Waals surface area (Å²) in [5.74, 6) is -1.18. The van der Waals surface area contributed by atoms with Gasteiger partial charge in [-0.15, -0.1) is 13.2 Å². The summed E-state index contributed by atoms with van der Waals surface area (Å²) in [4.78, 5) is 10.6. The predicted octanol–water partition coefficient (Wildman–Crippen LogP) is 3.80. The van der Waals surface area contributed by atoms with E-state index in [1.807, 2.05) is 0 Å². The molecule has 0 atom stereocenters. The van der Waals surface area contributed by atoms with Crippen molar-refractivity contribution in [1.82, 2.24) is 0 Å². The van der Waals surface area contributed by atoms with Crippen LogP contribution in [-0.2, 0) is 9.53 Å². The number of carbonyl (C=O) groups excluding carboxylic acids is 1. The zero-order chi connectivity index (χ0) is 11.7. The van der Waals surface area contributed by atoms with Gasteiger partial charge in [-0.1, -0.05) is 39.0 Å². The molecule has 90 valence electrons. The summed E-state index contributed by atoms with van der Waals surface area (Å²) in [5.41, 5.74) is 0. The van der Waals surface area contributed by atoms with Crippen LogP contribution >= 0.6 is 0 Å². The summed E-state index contributed by atoms with van der Waals surface area (Å²) in [7, 11) is 0. The lowest BCUT2D eigenvalue weighted by molar-refractivity contribution is -0.305. The van der Waals surface area contributed by atoms with Crippen LogP contribution in [0.4, 0.5) is 13.2 Å². The van der Waals surface area contributed by atoms with Gasteiger partial charge in [0.2, 0.25) is 0 Å². The Bertz CT molecular complexity index is 178. The first-order chi connectivity index (χ1) is 6.95. The van der Waals surface area contributed by atoms with E-state index in [0.717, 1.165) is 32.1 Å². The number of esters is 1. The van der Waals surface area contributed by atoms with E-state index in [-0.39, 0.29) is 6.42 Å². The van der Waals surface area contributed by atoms with E-state index in [9.17, 15) is 18.0 Å². The maximum absolute atomic E-state index is 11.5. The topological polar surface area (TPSA) is 26.3 Å². The molecule has 0 aromatic carbocycles. The van der Waals surface area contributed by atoms with Gasteiger partial charge in [-0.05, 0) is 6.42 Å². The van der Waals surface area contributed by atoms with Crippen LogP contribution in [0, 0.1) is 0 Å². The first-order valence-electron chi connectivity index (χ1n) is 5.24. The van der Waals surface area contributed by atoms with E-state index in [2.05, 4.69) is 11.7 Å². The molecule has 0 aliphatic carbocycles. The summed E-state index contributed by atoms with van der Waals surface area (Å²) in [6.07, 6.45) is 0.567. The minimum Gasteiger partial charge on any atom is -0.373 e. The monoisotopic (exact) mass is 226 g/mol. The van der Waals surface area contributed by atoms with E-state index in [4.69, 9.17) is 0 Å². The molecule has 0 aliphatic rings. The van der Waals surface area contributed by atoms with Gasteiger partial charge in [0.25, 0.3) is 0 Å². The van der Waals surface area contributed by atoms with Crippen LogP contribution in [0.1, 0.15) is 51.9 Å².